The number of hydrogen-bond donors (Lipinski definition) is 0. The summed E-state index contributed by atoms with van der Waals surface area (Å²) in [5, 5.41) is 9.11. The van der Waals surface area contributed by atoms with Crippen LogP contribution in [0.25, 0.3) is 0 Å². The van der Waals surface area contributed by atoms with Gasteiger partial charge in [0, 0.05) is 25.5 Å². The Morgan fingerprint density at radius 1 is 1.04 bits per heavy atom. The molecule has 0 unspecified atom stereocenters. The Morgan fingerprint density at radius 2 is 1.85 bits per heavy atom. The Hall–Kier alpha value is -3.01. The fourth-order valence-corrected chi connectivity index (χ4v) is 4.23. The maximum Gasteiger partial charge on any atom is 0.243 e. The molecule has 0 saturated heterocycles. The molecular weight excluding hydrogens is 358 g/mol. The molecule has 0 aliphatic heterocycles. The van der Waals surface area contributed by atoms with Gasteiger partial charge in [-0.2, -0.15) is 9.57 Å². The molecule has 0 radical (unpaired) electrons. The van der Waals surface area contributed by atoms with E-state index in [2.05, 4.69) is 4.98 Å². The van der Waals surface area contributed by atoms with Crippen molar-refractivity contribution in [1.29, 1.82) is 5.26 Å². The van der Waals surface area contributed by atoms with Crippen molar-refractivity contribution in [2.45, 2.75) is 24.9 Å². The van der Waals surface area contributed by atoms with E-state index in [1.807, 2.05) is 43.3 Å². The summed E-state index contributed by atoms with van der Waals surface area (Å²) in [5.74, 6) is 0. The van der Waals surface area contributed by atoms with Crippen LogP contribution in [0.5, 0.6) is 0 Å². The van der Waals surface area contributed by atoms with Gasteiger partial charge >= 0.3 is 0 Å². The topological polar surface area (TPSA) is 74.1 Å². The van der Waals surface area contributed by atoms with E-state index < -0.39 is 10.0 Å². The molecule has 27 heavy (non-hydrogen) atoms. The fraction of sp³-hybridized carbons (Fsp3) is 0.143. The van der Waals surface area contributed by atoms with Gasteiger partial charge in [-0.3, -0.25) is 4.98 Å². The average Bonchev–Trinajstić information content (AvgIpc) is 2.70. The quantitative estimate of drug-likeness (QED) is 0.657. The molecule has 0 atom stereocenters. The number of benzene rings is 2. The second kappa shape index (κ2) is 8.12. The van der Waals surface area contributed by atoms with Crippen LogP contribution in [-0.2, 0) is 23.1 Å². The van der Waals surface area contributed by atoms with Crippen LogP contribution in [0.4, 0.5) is 0 Å². The van der Waals surface area contributed by atoms with Gasteiger partial charge in [-0.05, 0) is 47.9 Å². The monoisotopic (exact) mass is 377 g/mol. The van der Waals surface area contributed by atoms with Gasteiger partial charge in [0.1, 0.15) is 0 Å². The lowest BCUT2D eigenvalue weighted by atomic mass is 10.1. The van der Waals surface area contributed by atoms with Gasteiger partial charge < -0.3 is 0 Å². The SMILES string of the molecule is Cc1ccccc1CN(Cc1cccnc1)S(=O)(=O)c1cccc(C#N)c1. The van der Waals surface area contributed by atoms with Crippen LogP contribution in [0.3, 0.4) is 0 Å². The van der Waals surface area contributed by atoms with E-state index in [0.717, 1.165) is 16.7 Å². The van der Waals surface area contributed by atoms with Crippen molar-refractivity contribution in [3.8, 4) is 6.07 Å². The smallest absolute Gasteiger partial charge is 0.243 e. The van der Waals surface area contributed by atoms with Gasteiger partial charge in [-0.25, -0.2) is 8.42 Å². The molecule has 0 aliphatic rings. The molecule has 136 valence electrons. The Labute approximate surface area is 159 Å². The molecule has 2 aromatic carbocycles. The first-order valence-electron chi connectivity index (χ1n) is 8.44. The third-order valence-electron chi connectivity index (χ3n) is 4.29. The lowest BCUT2D eigenvalue weighted by Gasteiger charge is -2.23. The molecule has 0 N–H and O–H groups in total. The highest BCUT2D eigenvalue weighted by Gasteiger charge is 2.25. The lowest BCUT2D eigenvalue weighted by molar-refractivity contribution is 0.400. The lowest BCUT2D eigenvalue weighted by Crippen LogP contribution is -2.30. The summed E-state index contributed by atoms with van der Waals surface area (Å²) in [4.78, 5) is 4.19. The summed E-state index contributed by atoms with van der Waals surface area (Å²) < 4.78 is 28.1. The van der Waals surface area contributed by atoms with Crippen molar-refractivity contribution in [1.82, 2.24) is 9.29 Å². The molecule has 0 saturated carbocycles. The molecule has 6 heteroatoms. The molecule has 0 fully saturated rings. The minimum Gasteiger partial charge on any atom is -0.264 e. The van der Waals surface area contributed by atoms with E-state index >= 15 is 0 Å². The van der Waals surface area contributed by atoms with Gasteiger partial charge in [0.2, 0.25) is 10.0 Å². The first-order valence-corrected chi connectivity index (χ1v) is 9.88. The Kier molecular flexibility index (Phi) is 5.65. The minimum atomic E-state index is -3.79. The number of nitrogens with zero attached hydrogens (tertiary/aromatic N) is 3. The third kappa shape index (κ3) is 4.40. The maximum absolute atomic E-state index is 13.3. The molecule has 5 nitrogen and oxygen atoms in total. The second-order valence-electron chi connectivity index (χ2n) is 6.20. The van der Waals surface area contributed by atoms with Gasteiger partial charge in [0.05, 0.1) is 16.5 Å². The summed E-state index contributed by atoms with van der Waals surface area (Å²) in [6.45, 7) is 2.39. The molecule has 3 aromatic rings. The van der Waals surface area contributed by atoms with E-state index in [1.165, 1.54) is 16.4 Å². The van der Waals surface area contributed by atoms with Crippen LogP contribution >= 0.6 is 0 Å². The molecule has 1 heterocycles. The highest BCUT2D eigenvalue weighted by Crippen LogP contribution is 2.23. The number of pyridine rings is 1. The van der Waals surface area contributed by atoms with Crippen LogP contribution in [-0.4, -0.2) is 17.7 Å². The first-order chi connectivity index (χ1) is 13.0. The third-order valence-corrected chi connectivity index (χ3v) is 6.08. The van der Waals surface area contributed by atoms with Gasteiger partial charge in [-0.15, -0.1) is 0 Å². The Bertz CT molecular complexity index is 1070. The zero-order valence-electron chi connectivity index (χ0n) is 14.9. The number of aryl methyl sites for hydroxylation is 1. The molecule has 1 aromatic heterocycles. The summed E-state index contributed by atoms with van der Waals surface area (Å²) in [6.07, 6.45) is 3.31. The van der Waals surface area contributed by atoms with Crippen molar-refractivity contribution in [3.05, 3.63) is 95.3 Å². The van der Waals surface area contributed by atoms with E-state index in [-0.39, 0.29) is 18.0 Å². The van der Waals surface area contributed by atoms with Gasteiger partial charge in [0.15, 0.2) is 0 Å². The van der Waals surface area contributed by atoms with Crippen molar-refractivity contribution in [3.63, 3.8) is 0 Å². The molecule has 3 rings (SSSR count). The van der Waals surface area contributed by atoms with E-state index in [0.29, 0.717) is 5.56 Å². The normalized spacial score (nSPS) is 11.3. The number of aromatic nitrogens is 1. The molecule has 0 spiro atoms. The fourth-order valence-electron chi connectivity index (χ4n) is 2.77. The minimum absolute atomic E-state index is 0.110. The van der Waals surface area contributed by atoms with Crippen LogP contribution in [0, 0.1) is 18.3 Å². The highest BCUT2D eigenvalue weighted by atomic mass is 32.2. The number of sulfonamides is 1. The van der Waals surface area contributed by atoms with Crippen molar-refractivity contribution < 1.29 is 8.42 Å². The van der Waals surface area contributed by atoms with Crippen LogP contribution in [0.2, 0.25) is 0 Å². The summed E-state index contributed by atoms with van der Waals surface area (Å²) in [7, 11) is -3.79. The molecular formula is C21H19N3O2S. The standard InChI is InChI=1S/C21H19N3O2S/c1-17-6-2-3-9-20(17)16-24(15-19-8-5-11-23-14-19)27(25,26)21-10-4-7-18(12-21)13-22/h2-12,14H,15-16H2,1H3. The van der Waals surface area contributed by atoms with Gasteiger partial charge in [0.25, 0.3) is 0 Å². The highest BCUT2D eigenvalue weighted by molar-refractivity contribution is 7.89. The Morgan fingerprint density at radius 3 is 2.56 bits per heavy atom. The average molecular weight is 377 g/mol. The van der Waals surface area contributed by atoms with Crippen LogP contribution in [0.15, 0.2) is 78.0 Å². The van der Waals surface area contributed by atoms with Crippen LogP contribution < -0.4 is 0 Å². The summed E-state index contributed by atoms with van der Waals surface area (Å²) in [5.41, 5.74) is 3.07. The number of nitriles is 1. The second-order valence-corrected chi connectivity index (χ2v) is 8.14. The van der Waals surface area contributed by atoms with Crippen molar-refractivity contribution >= 4 is 10.0 Å². The van der Waals surface area contributed by atoms with E-state index in [9.17, 15) is 8.42 Å². The first kappa shape index (κ1) is 18.8. The molecule has 0 amide bonds. The predicted octanol–water partition coefficient (Wildman–Crippen LogP) is 3.65. The Balaban J connectivity index is 2.02. The predicted molar refractivity (Wildman–Crippen MR) is 103 cm³/mol. The van der Waals surface area contributed by atoms with Crippen molar-refractivity contribution in [2.24, 2.45) is 0 Å². The van der Waals surface area contributed by atoms with Crippen molar-refractivity contribution in [2.75, 3.05) is 0 Å². The zero-order chi connectivity index (χ0) is 19.3. The van der Waals surface area contributed by atoms with Gasteiger partial charge in [-0.1, -0.05) is 36.4 Å². The number of hydrogen-bond acceptors (Lipinski definition) is 4. The molecule has 0 bridgehead atoms. The van der Waals surface area contributed by atoms with Crippen LogP contribution in [0.1, 0.15) is 22.3 Å². The summed E-state index contributed by atoms with van der Waals surface area (Å²) in [6, 6.07) is 19.4. The largest absolute Gasteiger partial charge is 0.264 e. The summed E-state index contributed by atoms with van der Waals surface area (Å²) >= 11 is 0. The number of rotatable bonds is 6. The molecule has 0 aliphatic carbocycles. The maximum atomic E-state index is 13.3. The zero-order valence-corrected chi connectivity index (χ0v) is 15.7. The van der Waals surface area contributed by atoms with E-state index in [1.54, 1.807) is 30.6 Å². The van der Waals surface area contributed by atoms with E-state index in [4.69, 9.17) is 5.26 Å².